The summed E-state index contributed by atoms with van der Waals surface area (Å²) < 4.78 is 0. The normalized spacial score (nSPS) is 30.2. The monoisotopic (exact) mass is 119 g/mol. The molecule has 0 N–H and O–H groups in total. The minimum absolute atomic E-state index is 0.273. The van der Waals surface area contributed by atoms with Crippen LogP contribution in [0, 0.1) is 0 Å². The molecule has 1 aliphatic heterocycles. The topological polar surface area (TPSA) is 26.5 Å². The molecule has 2 nitrogen and oxygen atoms in total. The first-order valence-electron chi connectivity index (χ1n) is 3.02. The van der Waals surface area contributed by atoms with Crippen molar-refractivity contribution in [2.75, 3.05) is 6.67 Å². The van der Waals surface area contributed by atoms with Crippen molar-refractivity contribution >= 4 is 5.71 Å². The van der Waals surface area contributed by atoms with Crippen LogP contribution < -0.4 is 5.32 Å². The molecule has 1 heterocycles. The SMILES string of the molecule is C1=CC2=NC[N]C2C=C1. The van der Waals surface area contributed by atoms with Gasteiger partial charge in [-0.1, -0.05) is 18.2 Å². The van der Waals surface area contributed by atoms with Crippen LogP contribution in [-0.4, -0.2) is 18.4 Å². The van der Waals surface area contributed by atoms with E-state index in [-0.39, 0.29) is 6.04 Å². The third kappa shape index (κ3) is 0.715. The number of rotatable bonds is 0. The lowest BCUT2D eigenvalue weighted by Gasteiger charge is -2.04. The van der Waals surface area contributed by atoms with Gasteiger partial charge in [0.25, 0.3) is 0 Å². The Hall–Kier alpha value is -0.890. The molecular formula is C7H7N2. The fourth-order valence-corrected chi connectivity index (χ4v) is 1.03. The maximum Gasteiger partial charge on any atom is 0.106 e. The third-order valence-corrected chi connectivity index (χ3v) is 1.51. The first kappa shape index (κ1) is 4.94. The summed E-state index contributed by atoms with van der Waals surface area (Å²) in [5.41, 5.74) is 1.11. The van der Waals surface area contributed by atoms with Gasteiger partial charge in [0.15, 0.2) is 0 Å². The average molecular weight is 119 g/mol. The van der Waals surface area contributed by atoms with Gasteiger partial charge in [-0.05, 0) is 6.08 Å². The molecular weight excluding hydrogens is 112 g/mol. The quantitative estimate of drug-likeness (QED) is 0.444. The first-order chi connectivity index (χ1) is 4.47. The van der Waals surface area contributed by atoms with Gasteiger partial charge in [-0.15, -0.1) is 0 Å². The van der Waals surface area contributed by atoms with E-state index in [1.54, 1.807) is 0 Å². The average Bonchev–Trinajstić information content (AvgIpc) is 2.33. The minimum atomic E-state index is 0.273. The summed E-state index contributed by atoms with van der Waals surface area (Å²) in [5, 5.41) is 4.22. The van der Waals surface area contributed by atoms with Gasteiger partial charge in [0, 0.05) is 0 Å². The molecule has 0 spiro atoms. The highest BCUT2D eigenvalue weighted by Gasteiger charge is 2.17. The summed E-state index contributed by atoms with van der Waals surface area (Å²) in [6.45, 7) is 0.648. The molecule has 2 rings (SSSR count). The number of allylic oxidation sites excluding steroid dienone is 2. The Morgan fingerprint density at radius 3 is 3.33 bits per heavy atom. The van der Waals surface area contributed by atoms with Crippen LogP contribution in [-0.2, 0) is 0 Å². The number of aliphatic imine (C=N–C) groups is 1. The Balaban J connectivity index is 2.33. The molecule has 2 aliphatic rings. The summed E-state index contributed by atoms with van der Waals surface area (Å²) in [5.74, 6) is 0. The van der Waals surface area contributed by atoms with E-state index in [2.05, 4.69) is 16.4 Å². The molecule has 0 bridgehead atoms. The molecule has 9 heavy (non-hydrogen) atoms. The summed E-state index contributed by atoms with van der Waals surface area (Å²) in [4.78, 5) is 4.17. The Kier molecular flexibility index (Phi) is 0.993. The van der Waals surface area contributed by atoms with Crippen molar-refractivity contribution in [1.29, 1.82) is 0 Å². The van der Waals surface area contributed by atoms with Crippen LogP contribution >= 0.6 is 0 Å². The highest BCUT2D eigenvalue weighted by molar-refractivity contribution is 6.02. The van der Waals surface area contributed by atoms with Crippen LogP contribution in [0.25, 0.3) is 0 Å². The molecule has 0 aromatic heterocycles. The van der Waals surface area contributed by atoms with Crippen molar-refractivity contribution in [2.24, 2.45) is 4.99 Å². The Morgan fingerprint density at radius 2 is 2.44 bits per heavy atom. The zero-order valence-corrected chi connectivity index (χ0v) is 4.99. The number of nitrogens with zero attached hydrogens (tertiary/aromatic N) is 2. The summed E-state index contributed by atoms with van der Waals surface area (Å²) in [7, 11) is 0. The van der Waals surface area contributed by atoms with Crippen molar-refractivity contribution in [3.05, 3.63) is 24.3 Å². The van der Waals surface area contributed by atoms with E-state index in [1.165, 1.54) is 0 Å². The van der Waals surface area contributed by atoms with E-state index in [0.29, 0.717) is 6.67 Å². The molecule has 1 atom stereocenters. The van der Waals surface area contributed by atoms with Crippen LogP contribution in [0.5, 0.6) is 0 Å². The predicted molar refractivity (Wildman–Crippen MR) is 36.5 cm³/mol. The molecule has 0 saturated heterocycles. The molecule has 0 fully saturated rings. The fourth-order valence-electron chi connectivity index (χ4n) is 1.03. The highest BCUT2D eigenvalue weighted by atomic mass is 15.1. The van der Waals surface area contributed by atoms with Crippen LogP contribution in [0.4, 0.5) is 0 Å². The number of hydrogen-bond acceptors (Lipinski definition) is 1. The van der Waals surface area contributed by atoms with Crippen LogP contribution in [0.15, 0.2) is 29.3 Å². The van der Waals surface area contributed by atoms with Gasteiger partial charge in [-0.3, -0.25) is 4.99 Å². The van der Waals surface area contributed by atoms with Crippen LogP contribution in [0.1, 0.15) is 0 Å². The van der Waals surface area contributed by atoms with E-state index in [4.69, 9.17) is 0 Å². The second kappa shape index (κ2) is 1.81. The lowest BCUT2D eigenvalue weighted by Crippen LogP contribution is -2.21. The second-order valence-electron chi connectivity index (χ2n) is 2.10. The molecule has 2 heteroatoms. The Labute approximate surface area is 54.0 Å². The summed E-state index contributed by atoms with van der Waals surface area (Å²) in [6, 6.07) is 0.273. The number of hydrogen-bond donors (Lipinski definition) is 0. The number of fused-ring (bicyclic) bond motifs is 1. The van der Waals surface area contributed by atoms with Crippen LogP contribution in [0.3, 0.4) is 0 Å². The van der Waals surface area contributed by atoms with Crippen molar-refractivity contribution in [2.45, 2.75) is 6.04 Å². The summed E-state index contributed by atoms with van der Waals surface area (Å²) >= 11 is 0. The van der Waals surface area contributed by atoms with Gasteiger partial charge in [-0.2, -0.15) is 0 Å². The van der Waals surface area contributed by atoms with Gasteiger partial charge in [-0.25, -0.2) is 5.32 Å². The van der Waals surface area contributed by atoms with E-state index in [0.717, 1.165) is 5.71 Å². The maximum absolute atomic E-state index is 4.22. The maximum atomic E-state index is 4.22. The molecule has 45 valence electrons. The zero-order chi connectivity index (χ0) is 6.10. The minimum Gasteiger partial charge on any atom is -0.271 e. The smallest absolute Gasteiger partial charge is 0.106 e. The van der Waals surface area contributed by atoms with E-state index >= 15 is 0 Å². The molecule has 0 aromatic rings. The standard InChI is InChI=1S/C7H7N2/c1-2-4-7-6(3-1)8-5-9-7/h1-4,6H,5H2. The van der Waals surface area contributed by atoms with E-state index in [1.807, 2.05) is 18.2 Å². The van der Waals surface area contributed by atoms with Crippen LogP contribution in [0.2, 0.25) is 0 Å². The van der Waals surface area contributed by atoms with Gasteiger partial charge in [0.2, 0.25) is 0 Å². The van der Waals surface area contributed by atoms with Crippen molar-refractivity contribution in [1.82, 2.24) is 5.32 Å². The zero-order valence-electron chi connectivity index (χ0n) is 4.99. The predicted octanol–water partition coefficient (Wildman–Crippen LogP) is 0.498. The summed E-state index contributed by atoms with van der Waals surface area (Å²) in [6.07, 6.45) is 8.09. The molecule has 0 aromatic carbocycles. The molecule has 1 aliphatic carbocycles. The first-order valence-corrected chi connectivity index (χ1v) is 3.02. The largest absolute Gasteiger partial charge is 0.271 e. The molecule has 0 saturated carbocycles. The van der Waals surface area contributed by atoms with Gasteiger partial charge < -0.3 is 0 Å². The second-order valence-corrected chi connectivity index (χ2v) is 2.10. The third-order valence-electron chi connectivity index (χ3n) is 1.51. The van der Waals surface area contributed by atoms with Gasteiger partial charge in [0.1, 0.15) is 6.67 Å². The van der Waals surface area contributed by atoms with E-state index in [9.17, 15) is 0 Å². The molecule has 1 unspecified atom stereocenters. The lowest BCUT2D eigenvalue weighted by molar-refractivity contribution is 0.752. The molecule has 0 amide bonds. The fraction of sp³-hybridized carbons (Fsp3) is 0.286. The Bertz CT molecular complexity index is 198. The van der Waals surface area contributed by atoms with Crippen molar-refractivity contribution < 1.29 is 0 Å². The molecule has 1 radical (unpaired) electrons. The van der Waals surface area contributed by atoms with Gasteiger partial charge >= 0.3 is 0 Å². The lowest BCUT2D eigenvalue weighted by atomic mass is 10.1. The Morgan fingerprint density at radius 1 is 1.44 bits per heavy atom. The van der Waals surface area contributed by atoms with E-state index < -0.39 is 0 Å². The van der Waals surface area contributed by atoms with Crippen molar-refractivity contribution in [3.8, 4) is 0 Å². The van der Waals surface area contributed by atoms with Crippen molar-refractivity contribution in [3.63, 3.8) is 0 Å². The highest BCUT2D eigenvalue weighted by Crippen LogP contribution is 2.06. The van der Waals surface area contributed by atoms with Gasteiger partial charge in [0.05, 0.1) is 11.8 Å².